The van der Waals surface area contributed by atoms with Crippen LogP contribution in [0.15, 0.2) is 54.5 Å². The number of sulfonamides is 1. The van der Waals surface area contributed by atoms with Gasteiger partial charge in [-0.05, 0) is 35.9 Å². The Kier molecular flexibility index (Phi) is 5.70. The summed E-state index contributed by atoms with van der Waals surface area (Å²) in [7, 11) is -3.97. The quantitative estimate of drug-likeness (QED) is 0.790. The minimum atomic E-state index is -3.97. The van der Waals surface area contributed by atoms with Crippen LogP contribution in [-0.2, 0) is 10.0 Å². The summed E-state index contributed by atoms with van der Waals surface area (Å²) in [5.74, 6) is -4.02. The maximum absolute atomic E-state index is 13.5. The molecule has 154 valence electrons. The smallest absolute Gasteiger partial charge is 0.265 e. The molecule has 9 heteroatoms. The van der Waals surface area contributed by atoms with Crippen molar-refractivity contribution in [3.63, 3.8) is 0 Å². The van der Waals surface area contributed by atoms with Gasteiger partial charge in [0.2, 0.25) is 0 Å². The van der Waals surface area contributed by atoms with Crippen molar-refractivity contribution >= 4 is 21.6 Å². The molecule has 29 heavy (non-hydrogen) atoms. The molecule has 0 unspecified atom stereocenters. The van der Waals surface area contributed by atoms with Gasteiger partial charge in [-0.15, -0.1) is 0 Å². The van der Waals surface area contributed by atoms with Crippen molar-refractivity contribution in [1.29, 1.82) is 0 Å². The number of nitrogens with zero attached hydrogens (tertiary/aromatic N) is 1. The van der Waals surface area contributed by atoms with Crippen LogP contribution in [0.4, 0.5) is 18.9 Å². The Hall–Kier alpha value is -2.81. The second-order valence-electron chi connectivity index (χ2n) is 6.72. The van der Waals surface area contributed by atoms with Crippen molar-refractivity contribution in [2.45, 2.75) is 18.8 Å². The highest BCUT2D eigenvalue weighted by Crippen LogP contribution is 2.36. The second kappa shape index (κ2) is 7.90. The predicted molar refractivity (Wildman–Crippen MR) is 105 cm³/mol. The molecule has 1 amide bonds. The molecule has 0 aromatic heterocycles. The minimum Gasteiger partial charge on any atom is -0.371 e. The highest BCUT2D eigenvalue weighted by molar-refractivity contribution is 7.92. The van der Waals surface area contributed by atoms with Crippen LogP contribution in [0.5, 0.6) is 0 Å². The van der Waals surface area contributed by atoms with E-state index in [0.29, 0.717) is 22.2 Å². The van der Waals surface area contributed by atoms with Gasteiger partial charge in [0.25, 0.3) is 21.9 Å². The molecule has 1 N–H and O–H groups in total. The fourth-order valence-corrected chi connectivity index (χ4v) is 3.58. The van der Waals surface area contributed by atoms with Gasteiger partial charge in [0.1, 0.15) is 5.82 Å². The van der Waals surface area contributed by atoms with Gasteiger partial charge in [0.05, 0.1) is 0 Å². The predicted octanol–water partition coefficient (Wildman–Crippen LogP) is 3.93. The van der Waals surface area contributed by atoms with Crippen molar-refractivity contribution in [1.82, 2.24) is 4.72 Å². The minimum absolute atomic E-state index is 0.0563. The molecule has 3 rings (SSSR count). The highest BCUT2D eigenvalue weighted by Gasteiger charge is 2.34. The van der Waals surface area contributed by atoms with E-state index >= 15 is 0 Å². The number of nitrogens with one attached hydrogen (secondary N) is 1. The zero-order valence-electron chi connectivity index (χ0n) is 15.4. The number of alkyl halides is 2. The summed E-state index contributed by atoms with van der Waals surface area (Å²) in [5, 5.41) is 0.619. The maximum atomic E-state index is 13.5. The molecule has 1 fully saturated rings. The molecule has 0 saturated carbocycles. The molecule has 0 bridgehead atoms. The van der Waals surface area contributed by atoms with Crippen LogP contribution in [0, 0.1) is 5.82 Å². The number of halogens is 3. The fraction of sp³-hybridized carbons (Fsp3) is 0.250. The zero-order chi connectivity index (χ0) is 21.2. The molecule has 1 saturated heterocycles. The Bertz CT molecular complexity index is 1030. The Morgan fingerprint density at radius 3 is 2.31 bits per heavy atom. The van der Waals surface area contributed by atoms with E-state index in [1.807, 2.05) is 4.72 Å². The van der Waals surface area contributed by atoms with Crippen LogP contribution in [0.1, 0.15) is 23.2 Å². The first kappa shape index (κ1) is 20.9. The number of anilines is 1. The normalized spacial score (nSPS) is 16.3. The zero-order valence-corrected chi connectivity index (χ0v) is 16.2. The van der Waals surface area contributed by atoms with Gasteiger partial charge in [0, 0.05) is 48.2 Å². The molecule has 1 aliphatic rings. The molecule has 2 aromatic carbocycles. The van der Waals surface area contributed by atoms with E-state index in [1.54, 1.807) is 11.0 Å². The van der Waals surface area contributed by atoms with Gasteiger partial charge in [-0.2, -0.15) is 0 Å². The molecule has 5 nitrogen and oxygen atoms in total. The van der Waals surface area contributed by atoms with E-state index in [4.69, 9.17) is 0 Å². The average Bonchev–Trinajstić information content (AvgIpc) is 2.68. The second-order valence-corrected chi connectivity index (χ2v) is 8.35. The van der Waals surface area contributed by atoms with Gasteiger partial charge < -0.3 is 4.90 Å². The van der Waals surface area contributed by atoms with E-state index in [-0.39, 0.29) is 31.5 Å². The largest absolute Gasteiger partial charge is 0.371 e. The van der Waals surface area contributed by atoms with Gasteiger partial charge in [-0.3, -0.25) is 4.79 Å². The lowest BCUT2D eigenvalue weighted by Crippen LogP contribution is -2.39. The summed E-state index contributed by atoms with van der Waals surface area (Å²) in [6.07, 6.45) is -0.592. The Balaban J connectivity index is 2.01. The number of rotatable bonds is 5. The topological polar surface area (TPSA) is 66.5 Å². The van der Waals surface area contributed by atoms with Gasteiger partial charge in [-0.1, -0.05) is 18.7 Å². The summed E-state index contributed by atoms with van der Waals surface area (Å²) in [5.41, 5.74) is 1.75. The number of carbonyl (C=O) groups is 1. The Morgan fingerprint density at radius 2 is 1.72 bits per heavy atom. The summed E-state index contributed by atoms with van der Waals surface area (Å²) < 4.78 is 65.4. The lowest BCUT2D eigenvalue weighted by Gasteiger charge is -2.34. The monoisotopic (exact) mass is 424 g/mol. The van der Waals surface area contributed by atoms with E-state index < -0.39 is 27.7 Å². The Morgan fingerprint density at radius 1 is 1.10 bits per heavy atom. The molecule has 1 aliphatic heterocycles. The van der Waals surface area contributed by atoms with Crippen molar-refractivity contribution < 1.29 is 26.4 Å². The van der Waals surface area contributed by atoms with Crippen LogP contribution in [0.3, 0.4) is 0 Å². The number of piperidine rings is 1. The summed E-state index contributed by atoms with van der Waals surface area (Å²) in [4.78, 5) is 14.1. The van der Waals surface area contributed by atoms with Gasteiger partial charge in [-0.25, -0.2) is 26.3 Å². The average molecular weight is 424 g/mol. The van der Waals surface area contributed by atoms with Crippen molar-refractivity contribution in [3.05, 3.63) is 65.8 Å². The van der Waals surface area contributed by atoms with Crippen LogP contribution in [0.2, 0.25) is 0 Å². The van der Waals surface area contributed by atoms with Gasteiger partial charge >= 0.3 is 0 Å². The maximum Gasteiger partial charge on any atom is 0.265 e. The van der Waals surface area contributed by atoms with Gasteiger partial charge in [0.15, 0.2) is 0 Å². The molecular weight excluding hydrogens is 405 g/mol. The number of hydrogen-bond donors (Lipinski definition) is 1. The van der Waals surface area contributed by atoms with Crippen LogP contribution in [-0.4, -0.2) is 33.3 Å². The number of benzene rings is 2. The molecule has 0 atom stereocenters. The highest BCUT2D eigenvalue weighted by atomic mass is 32.2. The first-order chi connectivity index (χ1) is 13.6. The fourth-order valence-electron chi connectivity index (χ4n) is 3.12. The third-order valence-corrected chi connectivity index (χ3v) is 5.61. The molecule has 0 aliphatic carbocycles. The van der Waals surface area contributed by atoms with Crippen molar-refractivity contribution in [2.24, 2.45) is 0 Å². The van der Waals surface area contributed by atoms with E-state index in [0.717, 1.165) is 0 Å². The third-order valence-electron chi connectivity index (χ3n) is 4.70. The standard InChI is InChI=1S/C20H19F3N2O3S/c1-2-29(27,28)24-19(26)15-5-8-18(25-11-9-20(22,23)10-12-25)17(13-15)14-3-6-16(21)7-4-14/h2-8,13H,1,9-12H2,(H,24,26). The first-order valence-corrected chi connectivity index (χ1v) is 10.4. The van der Waals surface area contributed by atoms with E-state index in [1.165, 1.54) is 36.4 Å². The third kappa shape index (κ3) is 4.97. The number of hydrogen-bond acceptors (Lipinski definition) is 4. The Labute approximate surface area is 166 Å². The summed E-state index contributed by atoms with van der Waals surface area (Å²) >= 11 is 0. The van der Waals surface area contributed by atoms with Crippen LogP contribution in [0.25, 0.3) is 11.1 Å². The summed E-state index contributed by atoms with van der Waals surface area (Å²) in [6, 6.07) is 9.98. The molecular formula is C20H19F3N2O3S. The number of amides is 1. The molecule has 0 radical (unpaired) electrons. The first-order valence-electron chi connectivity index (χ1n) is 8.83. The van der Waals surface area contributed by atoms with Crippen molar-refractivity contribution in [3.8, 4) is 11.1 Å². The lowest BCUT2D eigenvalue weighted by molar-refractivity contribution is -0.0220. The SMILES string of the molecule is C=CS(=O)(=O)NC(=O)c1ccc(N2CCC(F)(F)CC2)c(-c2ccc(F)cc2)c1. The lowest BCUT2D eigenvalue weighted by atomic mass is 9.98. The van der Waals surface area contributed by atoms with E-state index in [9.17, 15) is 26.4 Å². The number of carbonyl (C=O) groups excluding carboxylic acids is 1. The van der Waals surface area contributed by atoms with Crippen molar-refractivity contribution in [2.75, 3.05) is 18.0 Å². The van der Waals surface area contributed by atoms with E-state index in [2.05, 4.69) is 6.58 Å². The summed E-state index contributed by atoms with van der Waals surface area (Å²) in [6.45, 7) is 3.38. The van der Waals surface area contributed by atoms with Crippen LogP contribution < -0.4 is 9.62 Å². The molecule has 1 heterocycles. The molecule has 2 aromatic rings. The van der Waals surface area contributed by atoms with Crippen LogP contribution >= 0.6 is 0 Å². The molecule has 0 spiro atoms.